The Labute approximate surface area is 104 Å². The van der Waals surface area contributed by atoms with Crippen molar-refractivity contribution >= 4 is 17.4 Å². The van der Waals surface area contributed by atoms with Crippen LogP contribution in [0.5, 0.6) is 0 Å². The standard InChI is InChI=1S/C11H12ClN5/c1-6-10(12)7(2)17(16-6)9-5-8(11(13)14)3-4-15-9/h3-5H,1-2H3,(H3,13,14). The highest BCUT2D eigenvalue weighted by Gasteiger charge is 2.12. The van der Waals surface area contributed by atoms with Crippen LogP contribution in [0.15, 0.2) is 18.3 Å². The predicted molar refractivity (Wildman–Crippen MR) is 66.9 cm³/mol. The molecule has 88 valence electrons. The van der Waals surface area contributed by atoms with Crippen LogP contribution in [0.2, 0.25) is 5.02 Å². The number of amidine groups is 1. The molecular formula is C11H12ClN5. The third-order valence-corrected chi connectivity index (χ3v) is 3.02. The maximum absolute atomic E-state index is 7.39. The van der Waals surface area contributed by atoms with Gasteiger partial charge in [0.1, 0.15) is 5.84 Å². The lowest BCUT2D eigenvalue weighted by molar-refractivity contribution is 0.806. The average molecular weight is 250 g/mol. The molecule has 0 spiro atoms. The highest BCUT2D eigenvalue weighted by molar-refractivity contribution is 6.31. The van der Waals surface area contributed by atoms with Crippen molar-refractivity contribution in [2.75, 3.05) is 0 Å². The van der Waals surface area contributed by atoms with Gasteiger partial charge in [-0.3, -0.25) is 5.41 Å². The quantitative estimate of drug-likeness (QED) is 0.629. The smallest absolute Gasteiger partial charge is 0.154 e. The van der Waals surface area contributed by atoms with Crippen molar-refractivity contribution in [3.63, 3.8) is 0 Å². The molecule has 0 fully saturated rings. The molecule has 0 aliphatic rings. The van der Waals surface area contributed by atoms with Gasteiger partial charge in [-0.1, -0.05) is 11.6 Å². The molecule has 0 bridgehead atoms. The molecule has 0 aliphatic carbocycles. The summed E-state index contributed by atoms with van der Waals surface area (Å²) in [6.45, 7) is 3.70. The Hall–Kier alpha value is -1.88. The highest BCUT2D eigenvalue weighted by Crippen LogP contribution is 2.21. The third-order valence-electron chi connectivity index (χ3n) is 2.48. The monoisotopic (exact) mass is 249 g/mol. The number of nitrogen functional groups attached to an aromatic ring is 1. The van der Waals surface area contributed by atoms with Gasteiger partial charge in [0.05, 0.1) is 16.4 Å². The van der Waals surface area contributed by atoms with E-state index in [4.69, 9.17) is 22.7 Å². The summed E-state index contributed by atoms with van der Waals surface area (Å²) in [5, 5.41) is 12.3. The molecule has 0 saturated heterocycles. The maximum Gasteiger partial charge on any atom is 0.154 e. The molecule has 17 heavy (non-hydrogen) atoms. The maximum atomic E-state index is 7.39. The number of rotatable bonds is 2. The lowest BCUT2D eigenvalue weighted by Crippen LogP contribution is -2.12. The second-order valence-corrected chi connectivity index (χ2v) is 4.09. The van der Waals surface area contributed by atoms with Gasteiger partial charge in [-0.2, -0.15) is 5.10 Å². The number of hydrogen-bond acceptors (Lipinski definition) is 3. The summed E-state index contributed by atoms with van der Waals surface area (Å²) in [6, 6.07) is 3.39. The molecule has 0 saturated carbocycles. The summed E-state index contributed by atoms with van der Waals surface area (Å²) in [5.41, 5.74) is 7.61. The third kappa shape index (κ3) is 2.01. The van der Waals surface area contributed by atoms with E-state index in [-0.39, 0.29) is 5.84 Å². The number of aromatic nitrogens is 3. The van der Waals surface area contributed by atoms with Gasteiger partial charge in [-0.25, -0.2) is 9.67 Å². The molecule has 0 amide bonds. The summed E-state index contributed by atoms with van der Waals surface area (Å²) >= 11 is 6.07. The minimum absolute atomic E-state index is 0.00118. The zero-order valence-electron chi connectivity index (χ0n) is 9.53. The predicted octanol–water partition coefficient (Wildman–Crippen LogP) is 1.82. The highest BCUT2D eigenvalue weighted by atomic mass is 35.5. The zero-order valence-corrected chi connectivity index (χ0v) is 10.3. The van der Waals surface area contributed by atoms with Crippen molar-refractivity contribution < 1.29 is 0 Å². The lowest BCUT2D eigenvalue weighted by atomic mass is 10.2. The Morgan fingerprint density at radius 3 is 2.71 bits per heavy atom. The van der Waals surface area contributed by atoms with Gasteiger partial charge in [0.2, 0.25) is 0 Å². The molecule has 0 aromatic carbocycles. The lowest BCUT2D eigenvalue weighted by Gasteiger charge is -2.05. The molecule has 6 heteroatoms. The van der Waals surface area contributed by atoms with Crippen LogP contribution >= 0.6 is 11.6 Å². The van der Waals surface area contributed by atoms with Gasteiger partial charge in [0, 0.05) is 11.8 Å². The summed E-state index contributed by atoms with van der Waals surface area (Å²) in [7, 11) is 0. The minimum Gasteiger partial charge on any atom is -0.384 e. The fourth-order valence-electron chi connectivity index (χ4n) is 1.55. The van der Waals surface area contributed by atoms with E-state index in [0.29, 0.717) is 16.4 Å². The van der Waals surface area contributed by atoms with E-state index in [2.05, 4.69) is 10.1 Å². The Balaban J connectivity index is 2.56. The molecular weight excluding hydrogens is 238 g/mol. The number of aryl methyl sites for hydroxylation is 1. The first kappa shape index (κ1) is 11.6. The number of nitrogens with zero attached hydrogens (tertiary/aromatic N) is 3. The second-order valence-electron chi connectivity index (χ2n) is 3.71. The van der Waals surface area contributed by atoms with E-state index >= 15 is 0 Å². The van der Waals surface area contributed by atoms with Crippen LogP contribution in [0.3, 0.4) is 0 Å². The SMILES string of the molecule is Cc1nn(-c2cc(C(=N)N)ccn2)c(C)c1Cl. The van der Waals surface area contributed by atoms with Crippen LogP contribution in [0.4, 0.5) is 0 Å². The fourth-order valence-corrected chi connectivity index (χ4v) is 1.67. The number of halogens is 1. The van der Waals surface area contributed by atoms with Crippen molar-refractivity contribution in [2.45, 2.75) is 13.8 Å². The first-order valence-electron chi connectivity index (χ1n) is 5.03. The van der Waals surface area contributed by atoms with E-state index in [0.717, 1.165) is 11.4 Å². The largest absolute Gasteiger partial charge is 0.384 e. The Morgan fingerprint density at radius 1 is 1.47 bits per heavy atom. The minimum atomic E-state index is 0.00118. The van der Waals surface area contributed by atoms with E-state index in [1.807, 2.05) is 13.8 Å². The van der Waals surface area contributed by atoms with Crippen molar-refractivity contribution in [1.82, 2.24) is 14.8 Å². The molecule has 0 radical (unpaired) electrons. The summed E-state index contributed by atoms with van der Waals surface area (Å²) in [5.74, 6) is 0.603. The molecule has 0 atom stereocenters. The normalized spacial score (nSPS) is 10.5. The van der Waals surface area contributed by atoms with Crippen LogP contribution in [-0.2, 0) is 0 Å². The van der Waals surface area contributed by atoms with E-state index in [1.54, 1.807) is 23.0 Å². The zero-order chi connectivity index (χ0) is 12.6. The first-order chi connectivity index (χ1) is 8.00. The second kappa shape index (κ2) is 4.18. The summed E-state index contributed by atoms with van der Waals surface area (Å²) in [4.78, 5) is 4.20. The molecule has 2 aromatic rings. The van der Waals surface area contributed by atoms with Gasteiger partial charge in [-0.15, -0.1) is 0 Å². The number of nitrogens with one attached hydrogen (secondary N) is 1. The number of hydrogen-bond donors (Lipinski definition) is 2. The van der Waals surface area contributed by atoms with Crippen LogP contribution in [-0.4, -0.2) is 20.6 Å². The Bertz CT molecular complexity index is 588. The molecule has 2 rings (SSSR count). The summed E-state index contributed by atoms with van der Waals surface area (Å²) in [6.07, 6.45) is 1.59. The van der Waals surface area contributed by atoms with Gasteiger partial charge in [0.25, 0.3) is 0 Å². The number of pyridine rings is 1. The number of nitrogens with two attached hydrogens (primary N) is 1. The van der Waals surface area contributed by atoms with Crippen LogP contribution in [0, 0.1) is 19.3 Å². The fraction of sp³-hybridized carbons (Fsp3) is 0.182. The van der Waals surface area contributed by atoms with E-state index < -0.39 is 0 Å². The van der Waals surface area contributed by atoms with Crippen molar-refractivity contribution in [1.29, 1.82) is 5.41 Å². The van der Waals surface area contributed by atoms with Crippen molar-refractivity contribution in [3.8, 4) is 5.82 Å². The van der Waals surface area contributed by atoms with Gasteiger partial charge in [0.15, 0.2) is 5.82 Å². The molecule has 2 heterocycles. The van der Waals surface area contributed by atoms with Crippen molar-refractivity contribution in [3.05, 3.63) is 40.3 Å². The van der Waals surface area contributed by atoms with Crippen molar-refractivity contribution in [2.24, 2.45) is 5.73 Å². The topological polar surface area (TPSA) is 80.6 Å². The average Bonchev–Trinajstić information content (AvgIpc) is 2.57. The molecule has 3 N–H and O–H groups in total. The first-order valence-corrected chi connectivity index (χ1v) is 5.41. The molecule has 5 nitrogen and oxygen atoms in total. The van der Waals surface area contributed by atoms with E-state index in [9.17, 15) is 0 Å². The molecule has 0 aliphatic heterocycles. The van der Waals surface area contributed by atoms with Gasteiger partial charge >= 0.3 is 0 Å². The molecule has 0 unspecified atom stereocenters. The van der Waals surface area contributed by atoms with Crippen LogP contribution < -0.4 is 5.73 Å². The molecule has 2 aromatic heterocycles. The van der Waals surface area contributed by atoms with Crippen LogP contribution in [0.25, 0.3) is 5.82 Å². The van der Waals surface area contributed by atoms with Gasteiger partial charge < -0.3 is 5.73 Å². The van der Waals surface area contributed by atoms with E-state index in [1.165, 1.54) is 0 Å². The Morgan fingerprint density at radius 2 is 2.18 bits per heavy atom. The Kier molecular flexibility index (Phi) is 2.85. The van der Waals surface area contributed by atoms with Gasteiger partial charge in [-0.05, 0) is 26.0 Å². The summed E-state index contributed by atoms with van der Waals surface area (Å²) < 4.78 is 1.64. The van der Waals surface area contributed by atoms with Crippen LogP contribution in [0.1, 0.15) is 17.0 Å².